The van der Waals surface area contributed by atoms with Crippen molar-refractivity contribution in [2.24, 2.45) is 0 Å². The summed E-state index contributed by atoms with van der Waals surface area (Å²) in [6.07, 6.45) is 0. The number of amides is 1. The maximum atomic E-state index is 13.7. The summed E-state index contributed by atoms with van der Waals surface area (Å²) in [5, 5.41) is 2.64. The second kappa shape index (κ2) is 7.22. The van der Waals surface area contributed by atoms with Gasteiger partial charge in [-0.2, -0.15) is 0 Å². The summed E-state index contributed by atoms with van der Waals surface area (Å²) in [5.74, 6) is -1.04. The van der Waals surface area contributed by atoms with E-state index >= 15 is 0 Å². The summed E-state index contributed by atoms with van der Waals surface area (Å²) >= 11 is 0. The Morgan fingerprint density at radius 2 is 1.83 bits per heavy atom. The summed E-state index contributed by atoms with van der Waals surface area (Å²) < 4.78 is 32.1. The molecule has 1 unspecified atom stereocenters. The molecule has 2 aromatic carbocycles. The molecular weight excluding hydrogens is 300 g/mol. The standard InChI is InChI=1S/C18H19F2NO2/c1-11-5-4-6-12(2)18(11)23-10-17(22)21-13(3)15-8-7-14(19)9-16(15)20/h4-9,13H,10H2,1-3H3,(H,21,22). The third-order valence-corrected chi connectivity index (χ3v) is 3.56. The number of rotatable bonds is 5. The number of hydrogen-bond donors (Lipinski definition) is 1. The monoisotopic (exact) mass is 319 g/mol. The van der Waals surface area contributed by atoms with Gasteiger partial charge in [-0.25, -0.2) is 8.78 Å². The van der Waals surface area contributed by atoms with Crippen molar-refractivity contribution in [2.45, 2.75) is 26.8 Å². The maximum absolute atomic E-state index is 13.7. The van der Waals surface area contributed by atoms with E-state index in [1.165, 1.54) is 6.07 Å². The van der Waals surface area contributed by atoms with Gasteiger partial charge >= 0.3 is 0 Å². The van der Waals surface area contributed by atoms with Crippen LogP contribution in [0.4, 0.5) is 8.78 Å². The molecule has 2 rings (SSSR count). The Kier molecular flexibility index (Phi) is 5.32. The van der Waals surface area contributed by atoms with E-state index in [1.807, 2.05) is 32.0 Å². The minimum Gasteiger partial charge on any atom is -0.483 e. The van der Waals surface area contributed by atoms with Gasteiger partial charge in [-0.05, 0) is 38.0 Å². The van der Waals surface area contributed by atoms with Crippen molar-refractivity contribution in [3.05, 3.63) is 64.7 Å². The van der Waals surface area contributed by atoms with E-state index in [0.29, 0.717) is 5.75 Å². The Hall–Kier alpha value is -2.43. The predicted molar refractivity (Wildman–Crippen MR) is 84.3 cm³/mol. The van der Waals surface area contributed by atoms with Crippen LogP contribution in [0.3, 0.4) is 0 Å². The van der Waals surface area contributed by atoms with Crippen molar-refractivity contribution in [3.63, 3.8) is 0 Å². The third kappa shape index (κ3) is 4.28. The van der Waals surface area contributed by atoms with Gasteiger partial charge in [-0.15, -0.1) is 0 Å². The highest BCUT2D eigenvalue weighted by Crippen LogP contribution is 2.22. The largest absolute Gasteiger partial charge is 0.483 e. The summed E-state index contributed by atoms with van der Waals surface area (Å²) in [7, 11) is 0. The fourth-order valence-electron chi connectivity index (χ4n) is 2.38. The van der Waals surface area contributed by atoms with Crippen LogP contribution in [-0.2, 0) is 4.79 Å². The molecule has 0 saturated heterocycles. The van der Waals surface area contributed by atoms with E-state index in [1.54, 1.807) is 6.92 Å². The molecule has 0 aromatic heterocycles. The van der Waals surface area contributed by atoms with E-state index in [2.05, 4.69) is 5.32 Å². The summed E-state index contributed by atoms with van der Waals surface area (Å²) in [6, 6.07) is 8.41. The minimum absolute atomic E-state index is 0.168. The molecule has 0 aliphatic rings. The number of halogens is 2. The number of carbonyl (C=O) groups excluding carboxylic acids is 1. The van der Waals surface area contributed by atoms with Gasteiger partial charge < -0.3 is 10.1 Å². The number of ether oxygens (including phenoxy) is 1. The van der Waals surface area contributed by atoms with Gasteiger partial charge in [0.15, 0.2) is 6.61 Å². The van der Waals surface area contributed by atoms with Crippen LogP contribution in [0, 0.1) is 25.5 Å². The molecule has 0 spiro atoms. The molecule has 1 N–H and O–H groups in total. The highest BCUT2D eigenvalue weighted by molar-refractivity contribution is 5.78. The van der Waals surface area contributed by atoms with Gasteiger partial charge in [-0.1, -0.05) is 24.3 Å². The molecule has 1 amide bonds. The molecule has 1 atom stereocenters. The van der Waals surface area contributed by atoms with E-state index in [4.69, 9.17) is 4.74 Å². The SMILES string of the molecule is Cc1cccc(C)c1OCC(=O)NC(C)c1ccc(F)cc1F. The number of aryl methyl sites for hydroxylation is 2. The second-order valence-electron chi connectivity index (χ2n) is 5.46. The van der Waals surface area contributed by atoms with E-state index < -0.39 is 17.7 Å². The van der Waals surface area contributed by atoms with E-state index in [-0.39, 0.29) is 18.1 Å². The molecule has 3 nitrogen and oxygen atoms in total. The van der Waals surface area contributed by atoms with Gasteiger partial charge in [0.25, 0.3) is 5.91 Å². The number of nitrogens with one attached hydrogen (secondary N) is 1. The number of hydrogen-bond acceptors (Lipinski definition) is 2. The quantitative estimate of drug-likeness (QED) is 0.909. The normalized spacial score (nSPS) is 11.9. The lowest BCUT2D eigenvalue weighted by atomic mass is 10.1. The molecule has 23 heavy (non-hydrogen) atoms. The van der Waals surface area contributed by atoms with Crippen LogP contribution >= 0.6 is 0 Å². The summed E-state index contributed by atoms with van der Waals surface area (Å²) in [4.78, 5) is 12.0. The van der Waals surface area contributed by atoms with E-state index in [9.17, 15) is 13.6 Å². The molecule has 0 aliphatic heterocycles. The molecule has 0 heterocycles. The first-order valence-corrected chi connectivity index (χ1v) is 7.32. The van der Waals surface area contributed by atoms with Crippen LogP contribution < -0.4 is 10.1 Å². The summed E-state index contributed by atoms with van der Waals surface area (Å²) in [6.45, 7) is 5.26. The molecule has 0 fully saturated rings. The molecule has 2 aromatic rings. The lowest BCUT2D eigenvalue weighted by Gasteiger charge is -2.16. The topological polar surface area (TPSA) is 38.3 Å². The molecular formula is C18H19F2NO2. The van der Waals surface area contributed by atoms with Gasteiger partial charge in [0.05, 0.1) is 6.04 Å². The predicted octanol–water partition coefficient (Wildman–Crippen LogP) is 3.84. The van der Waals surface area contributed by atoms with Crippen LogP contribution in [-0.4, -0.2) is 12.5 Å². The van der Waals surface area contributed by atoms with Crippen molar-refractivity contribution in [2.75, 3.05) is 6.61 Å². The molecule has 5 heteroatoms. The Labute approximate surface area is 134 Å². The smallest absolute Gasteiger partial charge is 0.258 e. The molecule has 0 saturated carbocycles. The highest BCUT2D eigenvalue weighted by atomic mass is 19.1. The van der Waals surface area contributed by atoms with Crippen molar-refractivity contribution >= 4 is 5.91 Å². The Balaban J connectivity index is 1.97. The zero-order valence-corrected chi connectivity index (χ0v) is 13.3. The average Bonchev–Trinajstić information content (AvgIpc) is 2.46. The van der Waals surface area contributed by atoms with Gasteiger partial charge in [0.1, 0.15) is 17.4 Å². The fourth-order valence-corrected chi connectivity index (χ4v) is 2.38. The molecule has 0 radical (unpaired) electrons. The van der Waals surface area contributed by atoms with Gasteiger partial charge in [-0.3, -0.25) is 4.79 Å². The van der Waals surface area contributed by atoms with Crippen LogP contribution in [0.5, 0.6) is 5.75 Å². The molecule has 122 valence electrons. The fraction of sp³-hybridized carbons (Fsp3) is 0.278. The van der Waals surface area contributed by atoms with Gasteiger partial charge in [0.2, 0.25) is 0 Å². The zero-order valence-electron chi connectivity index (χ0n) is 13.3. The lowest BCUT2D eigenvalue weighted by molar-refractivity contribution is -0.123. The first-order valence-electron chi connectivity index (χ1n) is 7.32. The molecule has 0 bridgehead atoms. The highest BCUT2D eigenvalue weighted by Gasteiger charge is 2.15. The Bertz CT molecular complexity index is 696. The Morgan fingerprint density at radius 3 is 2.43 bits per heavy atom. The van der Waals surface area contributed by atoms with Crippen LogP contribution in [0.15, 0.2) is 36.4 Å². The van der Waals surface area contributed by atoms with Crippen molar-refractivity contribution < 1.29 is 18.3 Å². The first-order chi connectivity index (χ1) is 10.9. The van der Waals surface area contributed by atoms with Crippen LogP contribution in [0.2, 0.25) is 0 Å². The van der Waals surface area contributed by atoms with Crippen LogP contribution in [0.25, 0.3) is 0 Å². The number of para-hydroxylation sites is 1. The zero-order chi connectivity index (χ0) is 17.0. The molecule has 0 aliphatic carbocycles. The lowest BCUT2D eigenvalue weighted by Crippen LogP contribution is -2.31. The number of carbonyl (C=O) groups is 1. The average molecular weight is 319 g/mol. The van der Waals surface area contributed by atoms with Crippen molar-refractivity contribution in [1.29, 1.82) is 0 Å². The first kappa shape index (κ1) is 16.9. The third-order valence-electron chi connectivity index (χ3n) is 3.56. The van der Waals surface area contributed by atoms with Gasteiger partial charge in [0, 0.05) is 11.6 Å². The Morgan fingerprint density at radius 1 is 1.17 bits per heavy atom. The van der Waals surface area contributed by atoms with Crippen molar-refractivity contribution in [1.82, 2.24) is 5.32 Å². The summed E-state index contributed by atoms with van der Waals surface area (Å²) in [5.41, 5.74) is 2.11. The minimum atomic E-state index is -0.687. The van der Waals surface area contributed by atoms with E-state index in [0.717, 1.165) is 23.3 Å². The van der Waals surface area contributed by atoms with Crippen molar-refractivity contribution in [3.8, 4) is 5.75 Å². The maximum Gasteiger partial charge on any atom is 0.258 e. The van der Waals surface area contributed by atoms with Crippen LogP contribution in [0.1, 0.15) is 29.7 Å². The second-order valence-corrected chi connectivity index (χ2v) is 5.46. The number of benzene rings is 2.